The minimum absolute atomic E-state index is 0.308. The molecular formula is C26H28FN3O4S. The number of pyridine rings is 1. The third kappa shape index (κ3) is 5.19. The number of carbonyl (C=O) groups is 2. The van der Waals surface area contributed by atoms with Gasteiger partial charge in [-0.2, -0.15) is 11.8 Å². The minimum Gasteiger partial charge on any atom is -0.482 e. The van der Waals surface area contributed by atoms with Gasteiger partial charge in [0.15, 0.2) is 0 Å². The number of aromatic nitrogens is 1. The van der Waals surface area contributed by atoms with Gasteiger partial charge in [-0.3, -0.25) is 4.79 Å². The van der Waals surface area contributed by atoms with E-state index in [9.17, 15) is 14.0 Å². The van der Waals surface area contributed by atoms with Gasteiger partial charge in [0.1, 0.15) is 29.0 Å². The van der Waals surface area contributed by atoms with Crippen LogP contribution in [-0.2, 0) is 19.1 Å². The molecule has 2 aliphatic heterocycles. The summed E-state index contributed by atoms with van der Waals surface area (Å²) < 4.78 is 25.1. The fourth-order valence-corrected chi connectivity index (χ4v) is 4.66. The Morgan fingerprint density at radius 2 is 2.11 bits per heavy atom. The van der Waals surface area contributed by atoms with Crippen LogP contribution in [0.15, 0.2) is 48.4 Å². The Hall–Kier alpha value is -3.33. The second-order valence-corrected chi connectivity index (χ2v) is 9.70. The highest BCUT2D eigenvalue weighted by atomic mass is 32.2. The van der Waals surface area contributed by atoms with E-state index >= 15 is 0 Å². The molecule has 0 radical (unpaired) electrons. The lowest BCUT2D eigenvalue weighted by atomic mass is 9.92. The molecule has 0 saturated heterocycles. The monoisotopic (exact) mass is 497 g/mol. The Morgan fingerprint density at radius 1 is 1.31 bits per heavy atom. The highest BCUT2D eigenvalue weighted by Gasteiger charge is 2.38. The average molecular weight is 498 g/mol. The molecule has 184 valence electrons. The van der Waals surface area contributed by atoms with Crippen LogP contribution < -0.4 is 10.6 Å². The van der Waals surface area contributed by atoms with Crippen molar-refractivity contribution in [1.29, 1.82) is 0 Å². The number of hydrogen-bond donors (Lipinski definition) is 2. The molecule has 0 bridgehead atoms. The fraction of sp³-hybridized carbons (Fsp3) is 0.346. The molecule has 1 amide bonds. The molecule has 9 heteroatoms. The van der Waals surface area contributed by atoms with Crippen molar-refractivity contribution in [1.82, 2.24) is 4.98 Å². The number of nitrogens with zero attached hydrogens (tertiary/aromatic N) is 1. The van der Waals surface area contributed by atoms with Crippen molar-refractivity contribution in [2.24, 2.45) is 0 Å². The lowest BCUT2D eigenvalue weighted by Gasteiger charge is -2.24. The van der Waals surface area contributed by atoms with E-state index in [1.165, 1.54) is 12.1 Å². The van der Waals surface area contributed by atoms with Crippen LogP contribution in [0.1, 0.15) is 38.3 Å². The molecule has 0 aliphatic carbocycles. The van der Waals surface area contributed by atoms with Gasteiger partial charge in [0.2, 0.25) is 0 Å². The summed E-state index contributed by atoms with van der Waals surface area (Å²) in [5, 5.41) is 5.91. The number of thioether (sulfide) groups is 1. The highest BCUT2D eigenvalue weighted by Crippen LogP contribution is 2.44. The standard InChI is InChI=1S/C26H28FN3O4S/c1-5-33-25(32)19(9-11-35-4)29-22-12-15(8-10-28-22)18-14-21(34-26(18,2)3)23-17-7-6-16(27)13-20(17)30-24(23)31/h6-8,10,12-14,19H,5,9,11H2,1-4H3,(H,28,29)(H,30,31)/b23-21-/t19-/m0/s1. The summed E-state index contributed by atoms with van der Waals surface area (Å²) in [6, 6.07) is 7.39. The zero-order valence-electron chi connectivity index (χ0n) is 20.1. The van der Waals surface area contributed by atoms with Gasteiger partial charge in [-0.15, -0.1) is 0 Å². The molecule has 0 spiro atoms. The number of amides is 1. The van der Waals surface area contributed by atoms with Crippen molar-refractivity contribution in [2.45, 2.75) is 38.8 Å². The molecule has 7 nitrogen and oxygen atoms in total. The molecule has 35 heavy (non-hydrogen) atoms. The quantitative estimate of drug-likeness (QED) is 0.397. The molecule has 2 aliphatic rings. The summed E-state index contributed by atoms with van der Waals surface area (Å²) in [5.74, 6) is 0.688. The molecule has 0 fully saturated rings. The van der Waals surface area contributed by atoms with E-state index in [-0.39, 0.29) is 11.9 Å². The molecule has 0 saturated carbocycles. The summed E-state index contributed by atoms with van der Waals surface area (Å²) in [7, 11) is 0. The number of nitrogens with one attached hydrogen (secondary N) is 2. The summed E-state index contributed by atoms with van der Waals surface area (Å²) in [4.78, 5) is 29.5. The SMILES string of the molecule is CCOC(=O)[C@H](CCSC)Nc1cc(C2=C/C(=C3/C(=O)Nc4cc(F)ccc43)OC2(C)C)ccn1. The van der Waals surface area contributed by atoms with Gasteiger partial charge in [-0.1, -0.05) is 0 Å². The van der Waals surface area contributed by atoms with Gasteiger partial charge in [-0.25, -0.2) is 14.2 Å². The lowest BCUT2D eigenvalue weighted by Crippen LogP contribution is -2.32. The van der Waals surface area contributed by atoms with E-state index < -0.39 is 17.5 Å². The maximum absolute atomic E-state index is 13.6. The second kappa shape index (κ2) is 10.1. The molecule has 2 N–H and O–H groups in total. The highest BCUT2D eigenvalue weighted by molar-refractivity contribution is 7.98. The second-order valence-electron chi connectivity index (χ2n) is 8.71. The Kier molecular flexibility index (Phi) is 7.16. The fourth-order valence-electron chi connectivity index (χ4n) is 4.19. The normalized spacial score (nSPS) is 18.9. The predicted molar refractivity (Wildman–Crippen MR) is 136 cm³/mol. The van der Waals surface area contributed by atoms with Gasteiger partial charge >= 0.3 is 5.97 Å². The first-order valence-electron chi connectivity index (χ1n) is 11.4. The first-order chi connectivity index (χ1) is 16.7. The molecule has 2 aromatic rings. The number of rotatable bonds is 8. The molecule has 1 aromatic carbocycles. The van der Waals surface area contributed by atoms with Crippen LogP contribution in [0, 0.1) is 5.82 Å². The molecular weight excluding hydrogens is 469 g/mol. The number of halogens is 1. The first kappa shape index (κ1) is 24.8. The topological polar surface area (TPSA) is 89.5 Å². The van der Waals surface area contributed by atoms with Crippen LogP contribution in [0.25, 0.3) is 11.1 Å². The number of fused-ring (bicyclic) bond motifs is 1. The van der Waals surface area contributed by atoms with Crippen LogP contribution in [0.5, 0.6) is 0 Å². The lowest BCUT2D eigenvalue weighted by molar-refractivity contribution is -0.144. The summed E-state index contributed by atoms with van der Waals surface area (Å²) in [6.07, 6.45) is 6.09. The van der Waals surface area contributed by atoms with Crippen LogP contribution in [0.4, 0.5) is 15.9 Å². The average Bonchev–Trinajstić information content (AvgIpc) is 3.30. The van der Waals surface area contributed by atoms with Gasteiger partial charge in [-0.05, 0) is 81.2 Å². The van der Waals surface area contributed by atoms with Crippen molar-refractivity contribution in [2.75, 3.05) is 29.2 Å². The zero-order chi connectivity index (χ0) is 25.2. The number of carbonyl (C=O) groups excluding carboxylic acids is 2. The third-order valence-electron chi connectivity index (χ3n) is 5.84. The Balaban J connectivity index is 1.67. The summed E-state index contributed by atoms with van der Waals surface area (Å²) >= 11 is 1.66. The van der Waals surface area contributed by atoms with Crippen LogP contribution >= 0.6 is 11.8 Å². The van der Waals surface area contributed by atoms with Gasteiger partial charge in [0.05, 0.1) is 17.9 Å². The van der Waals surface area contributed by atoms with E-state index in [4.69, 9.17) is 9.47 Å². The van der Waals surface area contributed by atoms with Gasteiger partial charge in [0, 0.05) is 17.3 Å². The van der Waals surface area contributed by atoms with Crippen molar-refractivity contribution in [3.63, 3.8) is 0 Å². The summed E-state index contributed by atoms with van der Waals surface area (Å²) in [6.45, 7) is 5.92. The molecule has 1 atom stereocenters. The van der Waals surface area contributed by atoms with Crippen molar-refractivity contribution in [3.8, 4) is 0 Å². The van der Waals surface area contributed by atoms with Crippen LogP contribution in [0.2, 0.25) is 0 Å². The van der Waals surface area contributed by atoms with Crippen molar-refractivity contribution >= 4 is 46.3 Å². The summed E-state index contributed by atoms with van der Waals surface area (Å²) in [5.41, 5.74) is 2.35. The third-order valence-corrected chi connectivity index (χ3v) is 6.48. The number of esters is 1. The number of hydrogen-bond acceptors (Lipinski definition) is 7. The minimum atomic E-state index is -0.733. The largest absolute Gasteiger partial charge is 0.482 e. The Labute approximate surface area is 208 Å². The van der Waals surface area contributed by atoms with Gasteiger partial charge < -0.3 is 20.1 Å². The molecule has 3 heterocycles. The van der Waals surface area contributed by atoms with E-state index in [2.05, 4.69) is 15.6 Å². The first-order valence-corrected chi connectivity index (χ1v) is 12.8. The number of anilines is 2. The van der Waals surface area contributed by atoms with Crippen LogP contribution in [-0.4, -0.2) is 47.1 Å². The Morgan fingerprint density at radius 3 is 2.86 bits per heavy atom. The Bertz CT molecular complexity index is 1220. The van der Waals surface area contributed by atoms with E-state index in [1.807, 2.05) is 38.3 Å². The van der Waals surface area contributed by atoms with Crippen molar-refractivity contribution < 1.29 is 23.5 Å². The smallest absolute Gasteiger partial charge is 0.328 e. The number of ether oxygens (including phenoxy) is 2. The van der Waals surface area contributed by atoms with E-state index in [0.29, 0.717) is 41.4 Å². The molecule has 4 rings (SSSR count). The number of allylic oxidation sites excluding steroid dienone is 1. The van der Waals surface area contributed by atoms with E-state index in [0.717, 1.165) is 16.9 Å². The maximum Gasteiger partial charge on any atom is 0.328 e. The number of benzene rings is 1. The zero-order valence-corrected chi connectivity index (χ0v) is 20.9. The van der Waals surface area contributed by atoms with Crippen LogP contribution in [0.3, 0.4) is 0 Å². The predicted octanol–water partition coefficient (Wildman–Crippen LogP) is 4.87. The molecule has 0 unspecified atom stereocenters. The van der Waals surface area contributed by atoms with Gasteiger partial charge in [0.25, 0.3) is 5.91 Å². The van der Waals surface area contributed by atoms with E-state index in [1.54, 1.807) is 30.9 Å². The molecule has 1 aromatic heterocycles. The maximum atomic E-state index is 13.6. The van der Waals surface area contributed by atoms with Crippen molar-refractivity contribution in [3.05, 3.63) is 65.3 Å².